The SMILES string of the molecule is I.I.NCCc1ccc(-c2ccc(-c3ccc(-c4ccc(CCN)s4)s3)s2)s1. The van der Waals surface area contributed by atoms with Gasteiger partial charge in [0.25, 0.3) is 0 Å². The first-order valence-electron chi connectivity index (χ1n) is 8.55. The van der Waals surface area contributed by atoms with Crippen LogP contribution in [-0.2, 0) is 12.8 Å². The molecule has 0 bridgehead atoms. The molecule has 0 fully saturated rings. The first kappa shape index (κ1) is 24.4. The summed E-state index contributed by atoms with van der Waals surface area (Å²) in [6, 6.07) is 17.8. The van der Waals surface area contributed by atoms with Crippen LogP contribution in [-0.4, -0.2) is 13.1 Å². The van der Waals surface area contributed by atoms with E-state index in [2.05, 4.69) is 48.5 Å². The molecule has 0 aliphatic heterocycles. The molecule has 8 heteroatoms. The number of nitrogens with two attached hydrogens (primary N) is 2. The van der Waals surface area contributed by atoms with Gasteiger partial charge in [-0.3, -0.25) is 0 Å². The highest BCUT2D eigenvalue weighted by molar-refractivity contribution is 14.0. The Balaban J connectivity index is 0.00000140. The summed E-state index contributed by atoms with van der Waals surface area (Å²) in [5.41, 5.74) is 11.3. The molecular weight excluding hydrogens is 650 g/mol. The van der Waals surface area contributed by atoms with E-state index in [0.717, 1.165) is 12.8 Å². The average Bonchev–Trinajstić information content (AvgIpc) is 3.41. The van der Waals surface area contributed by atoms with Gasteiger partial charge in [-0.2, -0.15) is 0 Å². The molecular formula is C20H22I2N2S4. The van der Waals surface area contributed by atoms with Gasteiger partial charge in [0.15, 0.2) is 0 Å². The lowest BCUT2D eigenvalue weighted by atomic mass is 10.3. The number of hydrogen-bond donors (Lipinski definition) is 2. The van der Waals surface area contributed by atoms with E-state index in [1.54, 1.807) is 0 Å². The number of hydrogen-bond acceptors (Lipinski definition) is 6. The predicted octanol–water partition coefficient (Wildman–Crippen LogP) is 7.17. The van der Waals surface area contributed by atoms with E-state index in [1.807, 2.05) is 45.3 Å². The van der Waals surface area contributed by atoms with E-state index in [-0.39, 0.29) is 48.0 Å². The normalized spacial score (nSPS) is 10.5. The molecule has 0 aliphatic carbocycles. The van der Waals surface area contributed by atoms with Crippen LogP contribution in [0.2, 0.25) is 0 Å². The molecule has 4 heterocycles. The second-order valence-electron chi connectivity index (χ2n) is 5.94. The van der Waals surface area contributed by atoms with Gasteiger partial charge in [-0.15, -0.1) is 93.3 Å². The minimum Gasteiger partial charge on any atom is -0.330 e. The number of thiophene rings is 4. The first-order valence-corrected chi connectivity index (χ1v) is 11.8. The molecule has 0 unspecified atom stereocenters. The van der Waals surface area contributed by atoms with Gasteiger partial charge in [0.05, 0.1) is 0 Å². The molecule has 0 amide bonds. The fourth-order valence-corrected chi connectivity index (χ4v) is 7.11. The molecule has 0 radical (unpaired) electrons. The van der Waals surface area contributed by atoms with Crippen molar-refractivity contribution in [2.24, 2.45) is 11.5 Å². The van der Waals surface area contributed by atoms with Gasteiger partial charge >= 0.3 is 0 Å². The summed E-state index contributed by atoms with van der Waals surface area (Å²) in [4.78, 5) is 10.8. The van der Waals surface area contributed by atoms with Crippen molar-refractivity contribution in [3.63, 3.8) is 0 Å². The summed E-state index contributed by atoms with van der Waals surface area (Å²) in [6.07, 6.45) is 1.92. The standard InChI is InChI=1S/C20H20N2S4.2HI/c21-11-9-13-1-3-15(23-13)17-5-7-19(25-17)20-8-6-18(26-20)16-4-2-14(24-16)10-12-22;;/h1-8H,9-12,21-22H2;2*1H. The van der Waals surface area contributed by atoms with E-state index >= 15 is 0 Å². The lowest BCUT2D eigenvalue weighted by Gasteiger charge is -1.93. The fourth-order valence-electron chi connectivity index (χ4n) is 2.78. The Bertz CT molecular complexity index is 919. The molecule has 0 atom stereocenters. The second-order valence-corrected chi connectivity index (χ2v) is 10.4. The van der Waals surface area contributed by atoms with Gasteiger partial charge in [0, 0.05) is 39.0 Å². The quantitative estimate of drug-likeness (QED) is 0.205. The van der Waals surface area contributed by atoms with Gasteiger partial charge in [-0.05, 0) is 74.5 Å². The lowest BCUT2D eigenvalue weighted by Crippen LogP contribution is -2.00. The Morgan fingerprint density at radius 1 is 0.464 bits per heavy atom. The smallest absolute Gasteiger partial charge is 0.0449 e. The highest BCUT2D eigenvalue weighted by atomic mass is 127. The van der Waals surface area contributed by atoms with Gasteiger partial charge in [-0.1, -0.05) is 0 Å². The van der Waals surface area contributed by atoms with Crippen LogP contribution in [0, 0.1) is 0 Å². The molecule has 0 spiro atoms. The largest absolute Gasteiger partial charge is 0.330 e. The molecule has 0 aromatic carbocycles. The third-order valence-corrected chi connectivity index (χ3v) is 9.09. The van der Waals surface area contributed by atoms with Gasteiger partial charge < -0.3 is 11.5 Å². The molecule has 4 rings (SSSR count). The summed E-state index contributed by atoms with van der Waals surface area (Å²) in [7, 11) is 0. The third-order valence-electron chi connectivity index (χ3n) is 4.05. The maximum Gasteiger partial charge on any atom is 0.0449 e. The van der Waals surface area contributed by atoms with E-state index in [1.165, 1.54) is 39.0 Å². The second kappa shape index (κ2) is 11.5. The summed E-state index contributed by atoms with van der Waals surface area (Å²) >= 11 is 7.45. The zero-order chi connectivity index (χ0) is 17.9. The van der Waals surface area contributed by atoms with Crippen LogP contribution in [0.1, 0.15) is 9.75 Å². The van der Waals surface area contributed by atoms with Crippen LogP contribution in [0.4, 0.5) is 0 Å². The molecule has 4 N–H and O–H groups in total. The molecule has 0 saturated heterocycles. The highest BCUT2D eigenvalue weighted by Gasteiger charge is 2.11. The Morgan fingerprint density at radius 3 is 1.07 bits per heavy atom. The Hall–Kier alpha value is 0.180. The monoisotopic (exact) mass is 672 g/mol. The Morgan fingerprint density at radius 2 is 0.750 bits per heavy atom. The van der Waals surface area contributed by atoms with Crippen molar-refractivity contribution in [2.75, 3.05) is 13.1 Å². The van der Waals surface area contributed by atoms with E-state index in [9.17, 15) is 0 Å². The number of halogens is 2. The molecule has 0 aliphatic rings. The van der Waals surface area contributed by atoms with Crippen molar-refractivity contribution < 1.29 is 0 Å². The zero-order valence-corrected chi connectivity index (χ0v) is 23.0. The maximum absolute atomic E-state index is 5.66. The van der Waals surface area contributed by atoms with E-state index in [4.69, 9.17) is 11.5 Å². The molecule has 4 aromatic heterocycles. The van der Waals surface area contributed by atoms with Crippen molar-refractivity contribution in [3.8, 4) is 29.3 Å². The van der Waals surface area contributed by atoms with Gasteiger partial charge in [-0.25, -0.2) is 0 Å². The molecule has 0 saturated carbocycles. The van der Waals surface area contributed by atoms with Crippen LogP contribution >= 0.6 is 93.3 Å². The lowest BCUT2D eigenvalue weighted by molar-refractivity contribution is 0.989. The summed E-state index contributed by atoms with van der Waals surface area (Å²) in [5.74, 6) is 0. The van der Waals surface area contributed by atoms with Gasteiger partial charge in [0.2, 0.25) is 0 Å². The maximum atomic E-state index is 5.66. The Labute approximate surface area is 216 Å². The van der Waals surface area contributed by atoms with Crippen LogP contribution in [0.15, 0.2) is 48.5 Å². The van der Waals surface area contributed by atoms with Crippen LogP contribution < -0.4 is 11.5 Å². The summed E-state index contributed by atoms with van der Waals surface area (Å²) < 4.78 is 0. The van der Waals surface area contributed by atoms with Crippen molar-refractivity contribution in [1.82, 2.24) is 0 Å². The predicted molar refractivity (Wildman–Crippen MR) is 151 cm³/mol. The third kappa shape index (κ3) is 5.65. The van der Waals surface area contributed by atoms with Crippen molar-refractivity contribution in [3.05, 3.63) is 58.3 Å². The molecule has 2 nitrogen and oxygen atoms in total. The van der Waals surface area contributed by atoms with Crippen LogP contribution in [0.3, 0.4) is 0 Å². The van der Waals surface area contributed by atoms with Crippen molar-refractivity contribution in [1.29, 1.82) is 0 Å². The van der Waals surface area contributed by atoms with Crippen molar-refractivity contribution >= 4 is 93.3 Å². The molecule has 4 aromatic rings. The van der Waals surface area contributed by atoms with Crippen LogP contribution in [0.5, 0.6) is 0 Å². The summed E-state index contributed by atoms with van der Waals surface area (Å²) in [6.45, 7) is 1.42. The van der Waals surface area contributed by atoms with Gasteiger partial charge in [0.1, 0.15) is 0 Å². The minimum atomic E-state index is 0. The topological polar surface area (TPSA) is 52.0 Å². The minimum absolute atomic E-state index is 0. The molecule has 28 heavy (non-hydrogen) atoms. The van der Waals surface area contributed by atoms with E-state index < -0.39 is 0 Å². The summed E-state index contributed by atoms with van der Waals surface area (Å²) in [5, 5.41) is 0. The first-order chi connectivity index (χ1) is 12.8. The highest BCUT2D eigenvalue weighted by Crippen LogP contribution is 2.42. The number of rotatable bonds is 7. The molecule has 150 valence electrons. The van der Waals surface area contributed by atoms with Crippen molar-refractivity contribution in [2.45, 2.75) is 12.8 Å². The fraction of sp³-hybridized carbons (Fsp3) is 0.200. The van der Waals surface area contributed by atoms with Crippen LogP contribution in [0.25, 0.3) is 29.3 Å². The Kier molecular flexibility index (Phi) is 10.1. The zero-order valence-electron chi connectivity index (χ0n) is 15.1. The average molecular weight is 672 g/mol. The van der Waals surface area contributed by atoms with E-state index in [0.29, 0.717) is 13.1 Å².